The Labute approximate surface area is 122 Å². The Morgan fingerprint density at radius 1 is 1.26 bits per heavy atom. The molecular weight excluding hydrogens is 260 g/mol. The van der Waals surface area contributed by atoms with Gasteiger partial charge in [0.1, 0.15) is 0 Å². The number of rotatable bonds is 2. The molecule has 2 unspecified atom stereocenters. The summed E-state index contributed by atoms with van der Waals surface area (Å²) in [5.74, 6) is 1.04. The van der Waals surface area contributed by atoms with Gasteiger partial charge in [0.25, 0.3) is 0 Å². The number of nitrogens with zero attached hydrogens (tertiary/aromatic N) is 1. The highest BCUT2D eigenvalue weighted by Gasteiger charge is 2.38. The summed E-state index contributed by atoms with van der Waals surface area (Å²) in [6.07, 6.45) is 8.21. The van der Waals surface area contributed by atoms with Gasteiger partial charge in [-0.15, -0.1) is 12.4 Å². The SMILES string of the molecule is CC1(C)CCCN1C(=O)CC1CC2CCC(C1)N2.Cl. The van der Waals surface area contributed by atoms with E-state index in [1.54, 1.807) is 0 Å². The standard InChI is InChI=1S/C15H26N2O.ClH/c1-15(2)6-3-7-17(15)14(18)10-11-8-12-4-5-13(9-11)16-12;/h11-13,16H,3-10H2,1-2H3;1H. The van der Waals surface area contributed by atoms with Crippen molar-refractivity contribution in [3.05, 3.63) is 0 Å². The summed E-state index contributed by atoms with van der Waals surface area (Å²) in [5.41, 5.74) is 0.100. The fourth-order valence-electron chi connectivity index (χ4n) is 4.27. The van der Waals surface area contributed by atoms with E-state index in [1.807, 2.05) is 0 Å². The normalized spacial score (nSPS) is 36.1. The molecule has 0 radical (unpaired) electrons. The zero-order valence-corrected chi connectivity index (χ0v) is 13.0. The van der Waals surface area contributed by atoms with Crippen LogP contribution in [0, 0.1) is 5.92 Å². The van der Waals surface area contributed by atoms with E-state index in [0.29, 0.717) is 23.9 Å². The van der Waals surface area contributed by atoms with Crippen molar-refractivity contribution in [2.24, 2.45) is 5.92 Å². The van der Waals surface area contributed by atoms with Gasteiger partial charge >= 0.3 is 0 Å². The van der Waals surface area contributed by atoms with Crippen LogP contribution in [0.4, 0.5) is 0 Å². The van der Waals surface area contributed by atoms with Crippen LogP contribution in [0.3, 0.4) is 0 Å². The van der Waals surface area contributed by atoms with Crippen LogP contribution >= 0.6 is 12.4 Å². The number of likely N-dealkylation sites (tertiary alicyclic amines) is 1. The van der Waals surface area contributed by atoms with E-state index in [0.717, 1.165) is 19.4 Å². The second-order valence-corrected chi connectivity index (χ2v) is 7.14. The van der Waals surface area contributed by atoms with Gasteiger partial charge in [0, 0.05) is 30.6 Å². The molecule has 3 nitrogen and oxygen atoms in total. The van der Waals surface area contributed by atoms with E-state index in [4.69, 9.17) is 0 Å². The smallest absolute Gasteiger partial charge is 0.223 e. The number of fused-ring (bicyclic) bond motifs is 2. The minimum atomic E-state index is 0. The van der Waals surface area contributed by atoms with Gasteiger partial charge in [0.05, 0.1) is 0 Å². The molecule has 19 heavy (non-hydrogen) atoms. The van der Waals surface area contributed by atoms with Crippen LogP contribution in [0.1, 0.15) is 58.8 Å². The molecule has 4 heteroatoms. The van der Waals surface area contributed by atoms with Gasteiger partial charge in [0.2, 0.25) is 5.91 Å². The van der Waals surface area contributed by atoms with E-state index in [2.05, 4.69) is 24.1 Å². The Morgan fingerprint density at radius 2 is 1.89 bits per heavy atom. The molecule has 3 saturated heterocycles. The molecule has 0 aromatic rings. The molecule has 0 aliphatic carbocycles. The Kier molecular flexibility index (Phi) is 4.46. The van der Waals surface area contributed by atoms with Crippen molar-refractivity contribution in [2.75, 3.05) is 6.54 Å². The van der Waals surface area contributed by atoms with Crippen LogP contribution in [0.25, 0.3) is 0 Å². The lowest BCUT2D eigenvalue weighted by atomic mass is 9.89. The maximum absolute atomic E-state index is 12.5. The number of nitrogens with one attached hydrogen (secondary N) is 1. The highest BCUT2D eigenvalue weighted by atomic mass is 35.5. The molecule has 3 aliphatic heterocycles. The quantitative estimate of drug-likeness (QED) is 0.846. The van der Waals surface area contributed by atoms with Crippen molar-refractivity contribution in [3.63, 3.8) is 0 Å². The lowest BCUT2D eigenvalue weighted by molar-refractivity contribution is -0.135. The molecule has 2 bridgehead atoms. The van der Waals surface area contributed by atoms with E-state index in [-0.39, 0.29) is 17.9 Å². The summed E-state index contributed by atoms with van der Waals surface area (Å²) < 4.78 is 0. The Hall–Kier alpha value is -0.280. The minimum absolute atomic E-state index is 0. The molecule has 0 spiro atoms. The van der Waals surface area contributed by atoms with Crippen LogP contribution in [0.5, 0.6) is 0 Å². The highest BCUT2D eigenvalue weighted by molar-refractivity contribution is 5.85. The first-order chi connectivity index (χ1) is 8.54. The number of carbonyl (C=O) groups is 1. The number of amides is 1. The largest absolute Gasteiger partial charge is 0.338 e. The fraction of sp³-hybridized carbons (Fsp3) is 0.933. The van der Waals surface area contributed by atoms with E-state index >= 15 is 0 Å². The summed E-state index contributed by atoms with van der Waals surface area (Å²) in [6.45, 7) is 5.40. The summed E-state index contributed by atoms with van der Waals surface area (Å²) in [7, 11) is 0. The van der Waals surface area contributed by atoms with Crippen molar-refractivity contribution >= 4 is 18.3 Å². The van der Waals surface area contributed by atoms with Crippen molar-refractivity contribution < 1.29 is 4.79 Å². The second kappa shape index (κ2) is 5.61. The molecule has 2 atom stereocenters. The van der Waals surface area contributed by atoms with Crippen molar-refractivity contribution in [2.45, 2.75) is 76.4 Å². The van der Waals surface area contributed by atoms with E-state index in [1.165, 1.54) is 32.1 Å². The Balaban J connectivity index is 0.00000133. The summed E-state index contributed by atoms with van der Waals surface area (Å²) in [5, 5.41) is 3.65. The summed E-state index contributed by atoms with van der Waals surface area (Å²) >= 11 is 0. The maximum atomic E-state index is 12.5. The molecule has 3 rings (SSSR count). The molecule has 0 aromatic heterocycles. The number of piperidine rings is 1. The van der Waals surface area contributed by atoms with Gasteiger partial charge in [-0.1, -0.05) is 0 Å². The molecule has 3 heterocycles. The first-order valence-electron chi connectivity index (χ1n) is 7.61. The van der Waals surface area contributed by atoms with Gasteiger partial charge in [-0.05, 0) is 58.3 Å². The van der Waals surface area contributed by atoms with Crippen LogP contribution < -0.4 is 5.32 Å². The fourth-order valence-corrected chi connectivity index (χ4v) is 4.27. The molecule has 0 saturated carbocycles. The molecule has 3 fully saturated rings. The third kappa shape index (κ3) is 3.08. The zero-order valence-electron chi connectivity index (χ0n) is 12.2. The van der Waals surface area contributed by atoms with Crippen LogP contribution in [-0.2, 0) is 4.79 Å². The average Bonchev–Trinajstić information content (AvgIpc) is 2.81. The molecule has 1 N–H and O–H groups in total. The molecular formula is C15H27ClN2O. The van der Waals surface area contributed by atoms with Crippen molar-refractivity contribution in [3.8, 4) is 0 Å². The van der Waals surface area contributed by atoms with E-state index in [9.17, 15) is 4.79 Å². The lowest BCUT2D eigenvalue weighted by Crippen LogP contribution is -2.45. The maximum Gasteiger partial charge on any atom is 0.223 e. The average molecular weight is 287 g/mol. The highest BCUT2D eigenvalue weighted by Crippen LogP contribution is 2.35. The van der Waals surface area contributed by atoms with Crippen molar-refractivity contribution in [1.82, 2.24) is 10.2 Å². The third-order valence-corrected chi connectivity index (χ3v) is 5.24. The summed E-state index contributed by atoms with van der Waals surface area (Å²) in [4.78, 5) is 14.6. The van der Waals surface area contributed by atoms with Gasteiger partial charge in [-0.3, -0.25) is 4.79 Å². The first-order valence-corrected chi connectivity index (χ1v) is 7.61. The van der Waals surface area contributed by atoms with Crippen LogP contribution in [-0.4, -0.2) is 35.0 Å². The lowest BCUT2D eigenvalue weighted by Gasteiger charge is -2.34. The Bertz CT molecular complexity index is 333. The second-order valence-electron chi connectivity index (χ2n) is 7.14. The molecule has 0 aromatic carbocycles. The monoisotopic (exact) mass is 286 g/mol. The number of hydrogen-bond donors (Lipinski definition) is 1. The van der Waals surface area contributed by atoms with Gasteiger partial charge in [0.15, 0.2) is 0 Å². The molecule has 1 amide bonds. The van der Waals surface area contributed by atoms with Crippen LogP contribution in [0.2, 0.25) is 0 Å². The van der Waals surface area contributed by atoms with Gasteiger partial charge in [-0.2, -0.15) is 0 Å². The molecule has 3 aliphatic rings. The minimum Gasteiger partial charge on any atom is -0.338 e. The molecule has 110 valence electrons. The predicted octanol–water partition coefficient (Wildman–Crippen LogP) is 2.73. The van der Waals surface area contributed by atoms with Crippen molar-refractivity contribution in [1.29, 1.82) is 0 Å². The van der Waals surface area contributed by atoms with Gasteiger partial charge in [-0.25, -0.2) is 0 Å². The van der Waals surface area contributed by atoms with Crippen LogP contribution in [0.15, 0.2) is 0 Å². The van der Waals surface area contributed by atoms with E-state index < -0.39 is 0 Å². The number of carbonyl (C=O) groups excluding carboxylic acids is 1. The summed E-state index contributed by atoms with van der Waals surface area (Å²) in [6, 6.07) is 1.40. The predicted molar refractivity (Wildman–Crippen MR) is 79.6 cm³/mol. The Morgan fingerprint density at radius 3 is 2.42 bits per heavy atom. The first kappa shape index (κ1) is 15.1. The number of hydrogen-bond acceptors (Lipinski definition) is 2. The van der Waals surface area contributed by atoms with Gasteiger partial charge < -0.3 is 10.2 Å². The third-order valence-electron chi connectivity index (χ3n) is 5.24. The topological polar surface area (TPSA) is 32.3 Å². The zero-order chi connectivity index (χ0) is 12.8. The number of halogens is 1.